The Hall–Kier alpha value is -1.42. The first kappa shape index (κ1) is 16.0. The minimum absolute atomic E-state index is 0.0752. The van der Waals surface area contributed by atoms with Crippen LogP contribution in [0.4, 0.5) is 4.39 Å². The lowest BCUT2D eigenvalue weighted by molar-refractivity contribution is -0.132. The average Bonchev–Trinajstić information content (AvgIpc) is 2.48. The molecule has 1 heterocycles. The predicted octanol–water partition coefficient (Wildman–Crippen LogP) is 2.78. The van der Waals surface area contributed by atoms with Crippen molar-refractivity contribution in [3.05, 3.63) is 35.6 Å². The highest BCUT2D eigenvalue weighted by atomic mass is 19.1. The summed E-state index contributed by atoms with van der Waals surface area (Å²) in [4.78, 5) is 14.3. The van der Waals surface area contributed by atoms with E-state index in [1.54, 1.807) is 12.1 Å². The Bertz CT molecular complexity index is 470. The van der Waals surface area contributed by atoms with E-state index in [1.165, 1.54) is 6.07 Å². The molecule has 0 spiro atoms. The summed E-state index contributed by atoms with van der Waals surface area (Å²) >= 11 is 0. The standard InChI is InChI=1S/C17H25FN2O/c1-13(15-5-3-4-6-16(15)18)11-17(21)20-9-7-14(8-10-20)12-19-2/h3-6,13-14,19H,7-12H2,1-2H3. The largest absolute Gasteiger partial charge is 0.343 e. The van der Waals surface area contributed by atoms with Gasteiger partial charge in [-0.1, -0.05) is 25.1 Å². The molecular formula is C17H25FN2O. The number of carbonyl (C=O) groups is 1. The lowest BCUT2D eigenvalue weighted by Gasteiger charge is -2.32. The van der Waals surface area contributed by atoms with Crippen LogP contribution in [0.5, 0.6) is 0 Å². The van der Waals surface area contributed by atoms with Gasteiger partial charge < -0.3 is 10.2 Å². The summed E-state index contributed by atoms with van der Waals surface area (Å²) in [5.74, 6) is 0.524. The maximum Gasteiger partial charge on any atom is 0.223 e. The minimum atomic E-state index is -0.217. The van der Waals surface area contributed by atoms with E-state index in [0.717, 1.165) is 32.5 Å². The van der Waals surface area contributed by atoms with Crippen molar-refractivity contribution in [2.24, 2.45) is 5.92 Å². The van der Waals surface area contributed by atoms with Crippen molar-refractivity contribution < 1.29 is 9.18 Å². The van der Waals surface area contributed by atoms with Crippen LogP contribution in [-0.2, 0) is 4.79 Å². The maximum atomic E-state index is 13.7. The minimum Gasteiger partial charge on any atom is -0.343 e. The molecule has 1 atom stereocenters. The predicted molar refractivity (Wildman–Crippen MR) is 82.7 cm³/mol. The van der Waals surface area contributed by atoms with Gasteiger partial charge >= 0.3 is 0 Å². The third-order valence-electron chi connectivity index (χ3n) is 4.38. The average molecular weight is 292 g/mol. The van der Waals surface area contributed by atoms with Gasteiger partial charge in [-0.15, -0.1) is 0 Å². The van der Waals surface area contributed by atoms with Crippen LogP contribution < -0.4 is 5.32 Å². The van der Waals surface area contributed by atoms with Crippen molar-refractivity contribution in [2.45, 2.75) is 32.1 Å². The molecule has 1 aromatic carbocycles. The normalized spacial score (nSPS) is 17.8. The summed E-state index contributed by atoms with van der Waals surface area (Å²) in [5.41, 5.74) is 0.635. The molecule has 2 rings (SSSR count). The van der Waals surface area contributed by atoms with Gasteiger partial charge in [0.05, 0.1) is 0 Å². The molecule has 1 aromatic rings. The van der Waals surface area contributed by atoms with E-state index in [-0.39, 0.29) is 17.6 Å². The van der Waals surface area contributed by atoms with Crippen LogP contribution in [0.1, 0.15) is 37.7 Å². The van der Waals surface area contributed by atoms with Gasteiger partial charge in [0.15, 0.2) is 0 Å². The summed E-state index contributed by atoms with van der Waals surface area (Å²) in [6.07, 6.45) is 2.50. The monoisotopic (exact) mass is 292 g/mol. The smallest absolute Gasteiger partial charge is 0.223 e. The summed E-state index contributed by atoms with van der Waals surface area (Å²) in [6.45, 7) is 4.60. The molecule has 21 heavy (non-hydrogen) atoms. The molecule has 1 amide bonds. The van der Waals surface area contributed by atoms with Gasteiger partial charge in [0.1, 0.15) is 5.82 Å². The second-order valence-electron chi connectivity index (χ2n) is 6.01. The highest BCUT2D eigenvalue weighted by molar-refractivity contribution is 5.77. The maximum absolute atomic E-state index is 13.7. The number of nitrogens with one attached hydrogen (secondary N) is 1. The molecule has 1 aliphatic rings. The van der Waals surface area contributed by atoms with Crippen molar-refractivity contribution in [3.8, 4) is 0 Å². The SMILES string of the molecule is CNCC1CCN(C(=O)CC(C)c2ccccc2F)CC1. The Kier molecular flexibility index (Phi) is 5.74. The van der Waals surface area contributed by atoms with Crippen LogP contribution in [0.2, 0.25) is 0 Å². The zero-order chi connectivity index (χ0) is 15.2. The molecule has 1 aliphatic heterocycles. The van der Waals surface area contributed by atoms with Crippen LogP contribution >= 0.6 is 0 Å². The van der Waals surface area contributed by atoms with E-state index < -0.39 is 0 Å². The number of amides is 1. The van der Waals surface area contributed by atoms with E-state index >= 15 is 0 Å². The molecule has 0 aromatic heterocycles. The fourth-order valence-electron chi connectivity index (χ4n) is 3.05. The van der Waals surface area contributed by atoms with Gasteiger partial charge in [-0.05, 0) is 49.9 Å². The van der Waals surface area contributed by atoms with Gasteiger partial charge in [0.2, 0.25) is 5.91 Å². The van der Waals surface area contributed by atoms with E-state index in [0.29, 0.717) is 17.9 Å². The fourth-order valence-corrected chi connectivity index (χ4v) is 3.05. The first-order valence-corrected chi connectivity index (χ1v) is 7.78. The van der Waals surface area contributed by atoms with Gasteiger partial charge in [0, 0.05) is 19.5 Å². The quantitative estimate of drug-likeness (QED) is 0.905. The number of benzene rings is 1. The van der Waals surface area contributed by atoms with Gasteiger partial charge in [-0.3, -0.25) is 4.79 Å². The Morgan fingerprint density at radius 2 is 2.05 bits per heavy atom. The number of rotatable bonds is 5. The first-order valence-electron chi connectivity index (χ1n) is 7.78. The van der Waals surface area contributed by atoms with Crippen molar-refractivity contribution in [2.75, 3.05) is 26.7 Å². The van der Waals surface area contributed by atoms with Crippen molar-refractivity contribution >= 4 is 5.91 Å². The topological polar surface area (TPSA) is 32.3 Å². The zero-order valence-corrected chi connectivity index (χ0v) is 12.9. The number of carbonyl (C=O) groups excluding carboxylic acids is 1. The summed E-state index contributed by atoms with van der Waals surface area (Å²) in [5, 5.41) is 3.20. The Morgan fingerprint density at radius 3 is 2.67 bits per heavy atom. The van der Waals surface area contributed by atoms with Gasteiger partial charge in [-0.25, -0.2) is 4.39 Å². The molecule has 0 radical (unpaired) electrons. The zero-order valence-electron chi connectivity index (χ0n) is 12.9. The molecule has 1 N–H and O–H groups in total. The number of hydrogen-bond acceptors (Lipinski definition) is 2. The second kappa shape index (κ2) is 7.55. The number of hydrogen-bond donors (Lipinski definition) is 1. The molecule has 1 saturated heterocycles. The Labute approximate surface area is 126 Å². The summed E-state index contributed by atoms with van der Waals surface area (Å²) in [7, 11) is 1.97. The van der Waals surface area contributed by atoms with Crippen molar-refractivity contribution in [1.82, 2.24) is 10.2 Å². The number of likely N-dealkylation sites (tertiary alicyclic amines) is 1. The Balaban J connectivity index is 1.86. The molecular weight excluding hydrogens is 267 g/mol. The van der Waals surface area contributed by atoms with Crippen LogP contribution in [0.25, 0.3) is 0 Å². The number of nitrogens with zero attached hydrogens (tertiary/aromatic N) is 1. The van der Waals surface area contributed by atoms with Crippen molar-refractivity contribution in [3.63, 3.8) is 0 Å². The molecule has 4 heteroatoms. The van der Waals surface area contributed by atoms with Crippen LogP contribution in [0, 0.1) is 11.7 Å². The van der Waals surface area contributed by atoms with Crippen LogP contribution in [0.15, 0.2) is 24.3 Å². The first-order chi connectivity index (χ1) is 10.1. The highest BCUT2D eigenvalue weighted by Crippen LogP contribution is 2.24. The highest BCUT2D eigenvalue weighted by Gasteiger charge is 2.24. The molecule has 3 nitrogen and oxygen atoms in total. The summed E-state index contributed by atoms with van der Waals surface area (Å²) < 4.78 is 13.7. The molecule has 116 valence electrons. The van der Waals surface area contributed by atoms with E-state index in [1.807, 2.05) is 24.9 Å². The van der Waals surface area contributed by atoms with E-state index in [4.69, 9.17) is 0 Å². The molecule has 1 fully saturated rings. The van der Waals surface area contributed by atoms with Crippen LogP contribution in [-0.4, -0.2) is 37.5 Å². The molecule has 0 bridgehead atoms. The van der Waals surface area contributed by atoms with E-state index in [2.05, 4.69) is 5.32 Å². The Morgan fingerprint density at radius 1 is 1.38 bits per heavy atom. The second-order valence-corrected chi connectivity index (χ2v) is 6.01. The van der Waals surface area contributed by atoms with Gasteiger partial charge in [0.25, 0.3) is 0 Å². The van der Waals surface area contributed by atoms with E-state index in [9.17, 15) is 9.18 Å². The molecule has 0 saturated carbocycles. The van der Waals surface area contributed by atoms with Crippen molar-refractivity contribution in [1.29, 1.82) is 0 Å². The third kappa shape index (κ3) is 4.27. The summed E-state index contributed by atoms with van der Waals surface area (Å²) in [6, 6.07) is 6.73. The lowest BCUT2D eigenvalue weighted by atomic mass is 9.94. The number of piperidine rings is 1. The van der Waals surface area contributed by atoms with Crippen LogP contribution in [0.3, 0.4) is 0 Å². The van der Waals surface area contributed by atoms with Gasteiger partial charge in [-0.2, -0.15) is 0 Å². The third-order valence-corrected chi connectivity index (χ3v) is 4.38. The molecule has 0 aliphatic carbocycles. The lowest BCUT2D eigenvalue weighted by Crippen LogP contribution is -2.40. The fraction of sp³-hybridized carbons (Fsp3) is 0.588. The molecule has 1 unspecified atom stereocenters. The number of halogens is 1.